The second-order valence-electron chi connectivity index (χ2n) is 6.83. The molecule has 0 radical (unpaired) electrons. The average Bonchev–Trinajstić information content (AvgIpc) is 2.72. The molecule has 0 N–H and O–H groups in total. The molecule has 0 aliphatic rings. The summed E-state index contributed by atoms with van der Waals surface area (Å²) in [5.74, 6) is 0.0623. The summed E-state index contributed by atoms with van der Waals surface area (Å²) in [6.45, 7) is 0. The van der Waals surface area contributed by atoms with E-state index in [0.717, 1.165) is 41.6 Å². The number of fused-ring (bicyclic) bond motifs is 1. The summed E-state index contributed by atoms with van der Waals surface area (Å²) in [4.78, 5) is 9.31. The third-order valence-electron chi connectivity index (χ3n) is 4.92. The van der Waals surface area contributed by atoms with Gasteiger partial charge in [0.1, 0.15) is 5.82 Å². The Balaban J connectivity index is 1.58. The summed E-state index contributed by atoms with van der Waals surface area (Å²) >= 11 is 0. The Morgan fingerprint density at radius 3 is 2.26 bits per heavy atom. The van der Waals surface area contributed by atoms with Crippen LogP contribution >= 0.6 is 0 Å². The maximum absolute atomic E-state index is 13.4. The number of benzene rings is 3. The highest BCUT2D eigenvalue weighted by Crippen LogP contribution is 2.26. The van der Waals surface area contributed by atoms with Gasteiger partial charge in [-0.05, 0) is 60.6 Å². The molecule has 0 saturated carbocycles. The molecule has 0 amide bonds. The van der Waals surface area contributed by atoms with Gasteiger partial charge < -0.3 is 0 Å². The number of rotatable bonds is 6. The van der Waals surface area contributed by atoms with Crippen molar-refractivity contribution in [3.05, 3.63) is 108 Å². The highest BCUT2D eigenvalue weighted by molar-refractivity contribution is 5.73. The van der Waals surface area contributed by atoms with Crippen LogP contribution in [0.15, 0.2) is 85.1 Å². The molecule has 0 spiro atoms. The lowest BCUT2D eigenvalue weighted by Crippen LogP contribution is -2.07. The van der Waals surface area contributed by atoms with Crippen molar-refractivity contribution < 1.29 is 4.39 Å². The Labute approximate surface area is 158 Å². The standard InChI is InChI=1S/C24H21FN2/c25-21-14-12-19(13-15-21)20(11-10-18-6-2-1-3-7-18)16-22-17-26-23-8-4-5-9-24(23)27-22/h1-9,12-15,17,20H,10-11,16H2/t20-/m0/s1. The van der Waals surface area contributed by atoms with Crippen LogP contribution in [0.4, 0.5) is 4.39 Å². The van der Waals surface area contributed by atoms with E-state index in [9.17, 15) is 4.39 Å². The minimum atomic E-state index is -0.203. The van der Waals surface area contributed by atoms with Crippen molar-refractivity contribution in [2.75, 3.05) is 0 Å². The lowest BCUT2D eigenvalue weighted by molar-refractivity contribution is 0.603. The maximum Gasteiger partial charge on any atom is 0.123 e. The molecule has 1 atom stereocenters. The molecule has 1 heterocycles. The zero-order chi connectivity index (χ0) is 18.5. The van der Waals surface area contributed by atoms with Gasteiger partial charge in [-0.15, -0.1) is 0 Å². The highest BCUT2D eigenvalue weighted by atomic mass is 19.1. The molecule has 0 aliphatic heterocycles. The maximum atomic E-state index is 13.4. The van der Waals surface area contributed by atoms with Gasteiger partial charge in [0.15, 0.2) is 0 Å². The lowest BCUT2D eigenvalue weighted by atomic mass is 9.88. The number of hydrogen-bond donors (Lipinski definition) is 0. The van der Waals surface area contributed by atoms with Crippen LogP contribution in [0, 0.1) is 5.82 Å². The van der Waals surface area contributed by atoms with Crippen LogP contribution in [0.1, 0.15) is 29.2 Å². The predicted molar refractivity (Wildman–Crippen MR) is 107 cm³/mol. The van der Waals surface area contributed by atoms with Crippen molar-refractivity contribution in [1.29, 1.82) is 0 Å². The molecule has 27 heavy (non-hydrogen) atoms. The third kappa shape index (κ3) is 4.37. The molecule has 4 rings (SSSR count). The smallest absolute Gasteiger partial charge is 0.123 e. The highest BCUT2D eigenvalue weighted by Gasteiger charge is 2.14. The van der Waals surface area contributed by atoms with Gasteiger partial charge in [0.05, 0.1) is 16.7 Å². The summed E-state index contributed by atoms with van der Waals surface area (Å²) in [6.07, 6.45) is 4.60. The molecule has 4 aromatic rings. The fourth-order valence-electron chi connectivity index (χ4n) is 3.45. The SMILES string of the molecule is Fc1ccc([C@@H](CCc2ccccc2)Cc2cnc3ccccc3n2)cc1. The number of nitrogens with zero attached hydrogens (tertiary/aromatic N) is 2. The fourth-order valence-corrected chi connectivity index (χ4v) is 3.45. The Morgan fingerprint density at radius 1 is 0.778 bits per heavy atom. The average molecular weight is 356 g/mol. The first kappa shape index (κ1) is 17.3. The van der Waals surface area contributed by atoms with E-state index >= 15 is 0 Å². The largest absolute Gasteiger partial charge is 0.253 e. The topological polar surface area (TPSA) is 25.8 Å². The second-order valence-corrected chi connectivity index (χ2v) is 6.83. The van der Waals surface area contributed by atoms with E-state index in [4.69, 9.17) is 4.98 Å². The van der Waals surface area contributed by atoms with Crippen LogP contribution < -0.4 is 0 Å². The molecule has 134 valence electrons. The second kappa shape index (κ2) is 8.09. The van der Waals surface area contributed by atoms with E-state index in [2.05, 4.69) is 29.2 Å². The van der Waals surface area contributed by atoms with E-state index in [1.165, 1.54) is 17.7 Å². The van der Waals surface area contributed by atoms with Crippen molar-refractivity contribution in [2.24, 2.45) is 0 Å². The van der Waals surface area contributed by atoms with Crippen molar-refractivity contribution in [3.63, 3.8) is 0 Å². The van der Waals surface area contributed by atoms with Crippen molar-refractivity contribution in [1.82, 2.24) is 9.97 Å². The van der Waals surface area contributed by atoms with Gasteiger partial charge in [0.25, 0.3) is 0 Å². The first-order valence-electron chi connectivity index (χ1n) is 9.28. The summed E-state index contributed by atoms with van der Waals surface area (Å²) in [6, 6.07) is 25.2. The van der Waals surface area contributed by atoms with Gasteiger partial charge in [0, 0.05) is 6.20 Å². The molecule has 0 saturated heterocycles. The summed E-state index contributed by atoms with van der Waals surface area (Å²) in [5, 5.41) is 0. The predicted octanol–water partition coefficient (Wildman–Crippen LogP) is 5.73. The van der Waals surface area contributed by atoms with E-state index in [1.54, 1.807) is 0 Å². The van der Waals surface area contributed by atoms with Crippen LogP contribution in [0.25, 0.3) is 11.0 Å². The molecular formula is C24H21FN2. The van der Waals surface area contributed by atoms with Crippen LogP contribution in [0.5, 0.6) is 0 Å². The Bertz CT molecular complexity index is 1010. The summed E-state index contributed by atoms with van der Waals surface area (Å²) in [5.41, 5.74) is 5.24. The van der Waals surface area contributed by atoms with E-state index in [1.807, 2.05) is 48.7 Å². The molecule has 0 bridgehead atoms. The zero-order valence-corrected chi connectivity index (χ0v) is 15.1. The quantitative estimate of drug-likeness (QED) is 0.441. The van der Waals surface area contributed by atoms with Crippen molar-refractivity contribution >= 4 is 11.0 Å². The monoisotopic (exact) mass is 356 g/mol. The van der Waals surface area contributed by atoms with E-state index in [-0.39, 0.29) is 11.7 Å². The molecule has 2 nitrogen and oxygen atoms in total. The molecule has 1 aromatic heterocycles. The summed E-state index contributed by atoms with van der Waals surface area (Å²) < 4.78 is 13.4. The molecule has 3 aromatic carbocycles. The van der Waals surface area contributed by atoms with Gasteiger partial charge >= 0.3 is 0 Å². The first-order chi connectivity index (χ1) is 13.3. The minimum absolute atomic E-state index is 0.203. The van der Waals surface area contributed by atoms with Gasteiger partial charge in [0.2, 0.25) is 0 Å². The van der Waals surface area contributed by atoms with Gasteiger partial charge in [-0.1, -0.05) is 54.6 Å². The fraction of sp³-hybridized carbons (Fsp3) is 0.167. The number of hydrogen-bond acceptors (Lipinski definition) is 2. The van der Waals surface area contributed by atoms with Crippen molar-refractivity contribution in [3.8, 4) is 0 Å². The normalized spacial score (nSPS) is 12.2. The molecule has 0 aliphatic carbocycles. The van der Waals surface area contributed by atoms with Crippen LogP contribution in [0.2, 0.25) is 0 Å². The molecular weight excluding hydrogens is 335 g/mol. The minimum Gasteiger partial charge on any atom is -0.253 e. The van der Waals surface area contributed by atoms with Crippen LogP contribution in [-0.4, -0.2) is 9.97 Å². The van der Waals surface area contributed by atoms with Gasteiger partial charge in [-0.25, -0.2) is 9.37 Å². The molecule has 0 fully saturated rings. The van der Waals surface area contributed by atoms with Gasteiger partial charge in [-0.2, -0.15) is 0 Å². The van der Waals surface area contributed by atoms with E-state index < -0.39 is 0 Å². The Hall–Kier alpha value is -3.07. The Morgan fingerprint density at radius 2 is 1.48 bits per heavy atom. The number of para-hydroxylation sites is 2. The lowest BCUT2D eigenvalue weighted by Gasteiger charge is -2.17. The molecule has 3 heteroatoms. The number of halogens is 1. The zero-order valence-electron chi connectivity index (χ0n) is 15.1. The van der Waals surface area contributed by atoms with Crippen LogP contribution in [-0.2, 0) is 12.8 Å². The Kier molecular flexibility index (Phi) is 5.20. The first-order valence-corrected chi connectivity index (χ1v) is 9.28. The van der Waals surface area contributed by atoms with E-state index in [0.29, 0.717) is 0 Å². The number of aromatic nitrogens is 2. The number of aryl methyl sites for hydroxylation is 1. The van der Waals surface area contributed by atoms with Gasteiger partial charge in [-0.3, -0.25) is 4.98 Å². The third-order valence-corrected chi connectivity index (χ3v) is 4.92. The summed E-state index contributed by atoms with van der Waals surface area (Å²) in [7, 11) is 0. The molecule has 0 unspecified atom stereocenters. The van der Waals surface area contributed by atoms with Crippen molar-refractivity contribution in [2.45, 2.75) is 25.2 Å². The van der Waals surface area contributed by atoms with Crippen LogP contribution in [0.3, 0.4) is 0 Å².